The molecule has 3 aromatic rings. The standard InChI is InChI=1S/C19H17ClF3N3/c20-13-1-2-17-14(9-13)15-11-25-7-4-18(15)26(17)8-5-12-10-24-6-3-16(12)19(21,22)23/h1-3,6,9-10,25H,4-5,7-8,11H2. The summed E-state index contributed by atoms with van der Waals surface area (Å²) in [4.78, 5) is 3.88. The third-order valence-corrected chi connectivity index (χ3v) is 5.14. The van der Waals surface area contributed by atoms with Crippen molar-refractivity contribution < 1.29 is 13.2 Å². The Kier molecular flexibility index (Phi) is 4.40. The average Bonchev–Trinajstić information content (AvgIpc) is 2.93. The van der Waals surface area contributed by atoms with Gasteiger partial charge in [0.25, 0.3) is 0 Å². The van der Waals surface area contributed by atoms with Crippen LogP contribution in [0.4, 0.5) is 13.2 Å². The number of rotatable bonds is 3. The van der Waals surface area contributed by atoms with Crippen LogP contribution in [0.2, 0.25) is 5.02 Å². The molecule has 0 bridgehead atoms. The molecule has 0 fully saturated rings. The van der Waals surface area contributed by atoms with Crippen LogP contribution in [0.25, 0.3) is 10.9 Å². The van der Waals surface area contributed by atoms with E-state index in [9.17, 15) is 13.2 Å². The highest BCUT2D eigenvalue weighted by Crippen LogP contribution is 2.33. The second-order valence-electron chi connectivity index (χ2n) is 6.45. The molecule has 0 saturated heterocycles. The molecule has 3 nitrogen and oxygen atoms in total. The molecule has 0 saturated carbocycles. The molecule has 7 heteroatoms. The lowest BCUT2D eigenvalue weighted by Gasteiger charge is -2.18. The summed E-state index contributed by atoms with van der Waals surface area (Å²) in [6, 6.07) is 6.75. The molecule has 0 amide bonds. The molecule has 1 aliphatic heterocycles. The first-order valence-corrected chi connectivity index (χ1v) is 8.83. The van der Waals surface area contributed by atoms with E-state index in [0.717, 1.165) is 36.5 Å². The summed E-state index contributed by atoms with van der Waals surface area (Å²) >= 11 is 6.15. The average molecular weight is 380 g/mol. The summed E-state index contributed by atoms with van der Waals surface area (Å²) in [5, 5.41) is 5.09. The molecule has 1 aromatic carbocycles. The van der Waals surface area contributed by atoms with Gasteiger partial charge in [-0.1, -0.05) is 11.6 Å². The smallest absolute Gasteiger partial charge is 0.344 e. The van der Waals surface area contributed by atoms with Crippen molar-refractivity contribution in [3.63, 3.8) is 0 Å². The zero-order valence-electron chi connectivity index (χ0n) is 13.9. The monoisotopic (exact) mass is 379 g/mol. The number of benzene rings is 1. The lowest BCUT2D eigenvalue weighted by Crippen LogP contribution is -2.25. The number of halogens is 4. The van der Waals surface area contributed by atoms with Crippen molar-refractivity contribution in [3.05, 3.63) is 64.1 Å². The van der Waals surface area contributed by atoms with Crippen LogP contribution in [0.3, 0.4) is 0 Å². The van der Waals surface area contributed by atoms with Crippen LogP contribution in [0.5, 0.6) is 0 Å². The maximum Gasteiger partial charge on any atom is 0.416 e. The second-order valence-corrected chi connectivity index (χ2v) is 6.88. The van der Waals surface area contributed by atoms with Crippen LogP contribution in [-0.2, 0) is 32.1 Å². The Morgan fingerprint density at radius 3 is 2.88 bits per heavy atom. The third-order valence-electron chi connectivity index (χ3n) is 4.90. The molecular weight excluding hydrogens is 363 g/mol. The van der Waals surface area contributed by atoms with Crippen molar-refractivity contribution >= 4 is 22.5 Å². The normalized spacial score (nSPS) is 14.6. The van der Waals surface area contributed by atoms with E-state index in [4.69, 9.17) is 11.6 Å². The van der Waals surface area contributed by atoms with E-state index >= 15 is 0 Å². The minimum Gasteiger partial charge on any atom is -0.344 e. The molecule has 1 aliphatic rings. The molecule has 26 heavy (non-hydrogen) atoms. The van der Waals surface area contributed by atoms with Gasteiger partial charge in [-0.05, 0) is 41.8 Å². The summed E-state index contributed by atoms with van der Waals surface area (Å²) in [5.41, 5.74) is 3.00. The molecule has 1 N–H and O–H groups in total. The van der Waals surface area contributed by atoms with Gasteiger partial charge in [0.05, 0.1) is 5.56 Å². The van der Waals surface area contributed by atoms with Gasteiger partial charge in [0.1, 0.15) is 0 Å². The summed E-state index contributed by atoms with van der Waals surface area (Å²) in [7, 11) is 0. The Hall–Kier alpha value is -2.05. The van der Waals surface area contributed by atoms with Crippen LogP contribution in [-0.4, -0.2) is 16.1 Å². The van der Waals surface area contributed by atoms with Crippen LogP contribution in [0.15, 0.2) is 36.7 Å². The summed E-state index contributed by atoms with van der Waals surface area (Å²) in [5.74, 6) is 0. The van der Waals surface area contributed by atoms with E-state index in [1.807, 2.05) is 18.2 Å². The number of nitrogens with one attached hydrogen (secondary N) is 1. The van der Waals surface area contributed by atoms with Crippen molar-refractivity contribution in [3.8, 4) is 0 Å². The number of aromatic nitrogens is 2. The molecule has 0 atom stereocenters. The van der Waals surface area contributed by atoms with Gasteiger partial charge in [-0.2, -0.15) is 13.2 Å². The van der Waals surface area contributed by atoms with Crippen LogP contribution < -0.4 is 5.32 Å². The fourth-order valence-corrected chi connectivity index (χ4v) is 3.92. The maximum atomic E-state index is 13.2. The first kappa shape index (κ1) is 17.4. The van der Waals surface area contributed by atoms with Gasteiger partial charge in [-0.25, -0.2) is 0 Å². The Bertz CT molecular complexity index is 963. The fraction of sp³-hybridized carbons (Fsp3) is 0.316. The van der Waals surface area contributed by atoms with Crippen molar-refractivity contribution in [1.82, 2.24) is 14.9 Å². The zero-order chi connectivity index (χ0) is 18.3. The molecule has 3 heterocycles. The Labute approximate surface area is 153 Å². The van der Waals surface area contributed by atoms with Crippen molar-refractivity contribution in [2.75, 3.05) is 6.54 Å². The molecule has 0 unspecified atom stereocenters. The number of hydrogen-bond acceptors (Lipinski definition) is 2. The third kappa shape index (κ3) is 3.08. The van der Waals surface area contributed by atoms with Crippen LogP contribution in [0.1, 0.15) is 22.4 Å². The summed E-state index contributed by atoms with van der Waals surface area (Å²) < 4.78 is 41.8. The molecule has 136 valence electrons. The molecule has 4 rings (SSSR count). The van der Waals surface area contributed by atoms with E-state index < -0.39 is 11.7 Å². The number of hydrogen-bond donors (Lipinski definition) is 1. The largest absolute Gasteiger partial charge is 0.416 e. The quantitative estimate of drug-likeness (QED) is 0.721. The van der Waals surface area contributed by atoms with Gasteiger partial charge in [-0.15, -0.1) is 0 Å². The zero-order valence-corrected chi connectivity index (χ0v) is 14.7. The minimum atomic E-state index is -4.37. The predicted molar refractivity (Wildman–Crippen MR) is 95.3 cm³/mol. The van der Waals surface area contributed by atoms with E-state index in [1.54, 1.807) is 0 Å². The minimum absolute atomic E-state index is 0.221. The van der Waals surface area contributed by atoms with Gasteiger partial charge >= 0.3 is 6.18 Å². The van der Waals surface area contributed by atoms with Crippen LogP contribution >= 0.6 is 11.6 Å². The molecule has 0 spiro atoms. The van der Waals surface area contributed by atoms with Gasteiger partial charge in [0.15, 0.2) is 0 Å². The summed E-state index contributed by atoms with van der Waals surface area (Å²) in [6.45, 7) is 2.08. The number of aryl methyl sites for hydroxylation is 2. The Morgan fingerprint density at radius 2 is 2.08 bits per heavy atom. The van der Waals surface area contributed by atoms with Gasteiger partial charge in [0.2, 0.25) is 0 Å². The van der Waals surface area contributed by atoms with E-state index in [1.165, 1.54) is 23.7 Å². The van der Waals surface area contributed by atoms with E-state index in [2.05, 4.69) is 14.9 Å². The fourth-order valence-electron chi connectivity index (χ4n) is 3.74. The molecule has 0 aliphatic carbocycles. The number of alkyl halides is 3. The molecule has 2 aromatic heterocycles. The highest BCUT2D eigenvalue weighted by molar-refractivity contribution is 6.31. The van der Waals surface area contributed by atoms with E-state index in [0.29, 0.717) is 11.6 Å². The van der Waals surface area contributed by atoms with Crippen molar-refractivity contribution in [2.24, 2.45) is 0 Å². The highest BCUT2D eigenvalue weighted by Gasteiger charge is 2.33. The Balaban J connectivity index is 1.73. The highest BCUT2D eigenvalue weighted by atomic mass is 35.5. The summed E-state index contributed by atoms with van der Waals surface area (Å²) in [6.07, 6.45) is -0.740. The Morgan fingerprint density at radius 1 is 1.23 bits per heavy atom. The lowest BCUT2D eigenvalue weighted by molar-refractivity contribution is -0.138. The van der Waals surface area contributed by atoms with Gasteiger partial charge in [-0.3, -0.25) is 4.98 Å². The molecule has 0 radical (unpaired) electrons. The van der Waals surface area contributed by atoms with Gasteiger partial charge in [0, 0.05) is 60.1 Å². The van der Waals surface area contributed by atoms with Crippen molar-refractivity contribution in [2.45, 2.75) is 32.1 Å². The molecular formula is C19H17ClF3N3. The number of fused-ring (bicyclic) bond motifs is 3. The first-order valence-electron chi connectivity index (χ1n) is 8.45. The topological polar surface area (TPSA) is 29.9 Å². The van der Waals surface area contributed by atoms with Crippen molar-refractivity contribution in [1.29, 1.82) is 0 Å². The predicted octanol–water partition coefficient (Wildman–Crippen LogP) is 4.60. The number of nitrogens with zero attached hydrogens (tertiary/aromatic N) is 2. The van der Waals surface area contributed by atoms with E-state index in [-0.39, 0.29) is 12.0 Å². The second kappa shape index (κ2) is 6.59. The first-order chi connectivity index (χ1) is 12.4. The SMILES string of the molecule is FC(F)(F)c1ccncc1CCn1c2c(c3cc(Cl)ccc31)CNCC2. The lowest BCUT2D eigenvalue weighted by atomic mass is 10.1. The van der Waals surface area contributed by atoms with Gasteiger partial charge < -0.3 is 9.88 Å². The maximum absolute atomic E-state index is 13.2. The van der Waals surface area contributed by atoms with Crippen LogP contribution in [0, 0.1) is 0 Å². The number of pyridine rings is 1.